The third-order valence-electron chi connectivity index (χ3n) is 2.00. The molecule has 0 radical (unpaired) electrons. The zero-order chi connectivity index (χ0) is 15.6. The zero-order valence-corrected chi connectivity index (χ0v) is 9.51. The van der Waals surface area contributed by atoms with Crippen LogP contribution < -0.4 is 0 Å². The maximum atomic E-state index is 8.03. The van der Waals surface area contributed by atoms with Crippen LogP contribution in [0.2, 0.25) is 5.02 Å². The molecule has 0 bridgehead atoms. The van der Waals surface area contributed by atoms with Gasteiger partial charge < -0.3 is 4.42 Å². The van der Waals surface area contributed by atoms with Gasteiger partial charge in [0.05, 0.1) is 8.22 Å². The van der Waals surface area contributed by atoms with Gasteiger partial charge in [0.1, 0.15) is 11.2 Å². The number of hydrogen-bond donors (Lipinski definition) is 0. The summed E-state index contributed by atoms with van der Waals surface area (Å²) in [4.78, 5) is 0. The van der Waals surface area contributed by atoms with E-state index in [4.69, 9.17) is 24.2 Å². The summed E-state index contributed by atoms with van der Waals surface area (Å²) in [7, 11) is 0. The third kappa shape index (κ3) is 1.36. The number of halogens is 2. The van der Waals surface area contributed by atoms with Gasteiger partial charge in [0.25, 0.3) is 0 Å². The Labute approximate surface area is 108 Å². The van der Waals surface area contributed by atoms with Gasteiger partial charge in [-0.1, -0.05) is 33.6 Å². The van der Waals surface area contributed by atoms with Crippen molar-refractivity contribution >= 4 is 49.5 Å². The molecule has 1 heterocycles. The Balaban J connectivity index is 2.73. The lowest BCUT2D eigenvalue weighted by Crippen LogP contribution is -1.69. The number of furan rings is 1. The molecular formula is C12H6BrClO. The minimum atomic E-state index is -0.326. The summed E-state index contributed by atoms with van der Waals surface area (Å²) >= 11 is 9.08. The van der Waals surface area contributed by atoms with Crippen LogP contribution in [0.3, 0.4) is 0 Å². The van der Waals surface area contributed by atoms with E-state index in [1.807, 2.05) is 0 Å². The van der Waals surface area contributed by atoms with Gasteiger partial charge in [-0.2, -0.15) is 0 Å². The van der Waals surface area contributed by atoms with E-state index in [1.165, 1.54) is 0 Å². The first-order valence-corrected chi connectivity index (χ1v) is 5.21. The first-order chi connectivity index (χ1) is 9.77. The normalized spacial score (nSPS) is 16.9. The molecule has 0 saturated carbocycles. The predicted molar refractivity (Wildman–Crippen MR) is 66.4 cm³/mol. The molecule has 0 N–H and O–H groups in total. The smallest absolute Gasteiger partial charge is 0.136 e. The van der Waals surface area contributed by atoms with Crippen LogP contribution in [-0.4, -0.2) is 0 Å². The Morgan fingerprint density at radius 2 is 2.07 bits per heavy atom. The first-order valence-electron chi connectivity index (χ1n) is 7.04. The number of fused-ring (bicyclic) bond motifs is 3. The lowest BCUT2D eigenvalue weighted by molar-refractivity contribution is 0.669. The van der Waals surface area contributed by atoms with Crippen LogP contribution in [0.25, 0.3) is 21.9 Å². The van der Waals surface area contributed by atoms with Crippen molar-refractivity contribution in [1.82, 2.24) is 0 Å². The van der Waals surface area contributed by atoms with Crippen LogP contribution in [0.15, 0.2) is 45.1 Å². The Hall–Kier alpha value is -0.990. The van der Waals surface area contributed by atoms with E-state index < -0.39 is 0 Å². The molecule has 3 aromatic rings. The highest BCUT2D eigenvalue weighted by Gasteiger charge is 2.09. The molecule has 1 aromatic heterocycles. The molecule has 0 fully saturated rings. The molecule has 0 spiro atoms. The molecule has 15 heavy (non-hydrogen) atoms. The van der Waals surface area contributed by atoms with E-state index in [1.54, 1.807) is 0 Å². The van der Waals surface area contributed by atoms with Gasteiger partial charge in [-0.15, -0.1) is 0 Å². The second kappa shape index (κ2) is 3.26. The molecule has 1 nitrogen and oxygen atoms in total. The molecule has 2 aromatic carbocycles. The van der Waals surface area contributed by atoms with Crippen LogP contribution in [-0.2, 0) is 0 Å². The highest BCUT2D eigenvalue weighted by atomic mass is 79.9. The Morgan fingerprint density at radius 1 is 1.20 bits per heavy atom. The number of hydrogen-bond acceptors (Lipinski definition) is 1. The van der Waals surface area contributed by atoms with Crippen LogP contribution in [0.4, 0.5) is 0 Å². The fraction of sp³-hybridized carbons (Fsp3) is 0. The zero-order valence-electron chi connectivity index (χ0n) is 13.2. The lowest BCUT2D eigenvalue weighted by Gasteiger charge is -1.93. The second-order valence-corrected chi connectivity index (χ2v) is 4.06. The Kier molecular flexibility index (Phi) is 1.06. The quantitative estimate of drug-likeness (QED) is 0.567. The van der Waals surface area contributed by atoms with E-state index >= 15 is 0 Å². The molecule has 0 aliphatic carbocycles. The number of benzene rings is 2. The van der Waals surface area contributed by atoms with E-state index in [0.717, 1.165) is 0 Å². The molecule has 0 amide bonds. The van der Waals surface area contributed by atoms with Crippen molar-refractivity contribution in [3.05, 3.63) is 45.7 Å². The molecular weight excluding hydrogens is 275 g/mol. The highest BCUT2D eigenvalue weighted by Crippen LogP contribution is 2.35. The predicted octanol–water partition coefficient (Wildman–Crippen LogP) is 5.00. The molecule has 0 aliphatic heterocycles. The van der Waals surface area contributed by atoms with Crippen molar-refractivity contribution in [3.63, 3.8) is 0 Å². The van der Waals surface area contributed by atoms with Gasteiger partial charge >= 0.3 is 0 Å². The van der Waals surface area contributed by atoms with Crippen LogP contribution in [0, 0.1) is 0 Å². The van der Waals surface area contributed by atoms with E-state index in [2.05, 4.69) is 15.9 Å². The molecule has 74 valence electrons. The van der Waals surface area contributed by atoms with E-state index in [9.17, 15) is 0 Å². The van der Waals surface area contributed by atoms with Gasteiger partial charge in [-0.05, 0) is 30.2 Å². The maximum Gasteiger partial charge on any atom is 0.136 e. The molecule has 0 aliphatic rings. The molecule has 0 unspecified atom stereocenters. The van der Waals surface area contributed by atoms with Crippen molar-refractivity contribution in [2.75, 3.05) is 0 Å². The monoisotopic (exact) mass is 286 g/mol. The summed E-state index contributed by atoms with van der Waals surface area (Å²) < 4.78 is 52.7. The summed E-state index contributed by atoms with van der Waals surface area (Å²) in [6.45, 7) is 0. The summed E-state index contributed by atoms with van der Waals surface area (Å²) in [6.07, 6.45) is 0. The molecule has 3 heteroatoms. The SMILES string of the molecule is [2H]c1c(Cl)c([2H])c2c(oc3c([2H])c([2H])c([2H])c(Br)c32)c1[2H]. The molecule has 0 saturated heterocycles. The fourth-order valence-electron chi connectivity index (χ4n) is 1.39. The first kappa shape index (κ1) is 4.89. The van der Waals surface area contributed by atoms with Gasteiger partial charge in [-0.25, -0.2) is 0 Å². The molecule has 0 atom stereocenters. The highest BCUT2D eigenvalue weighted by molar-refractivity contribution is 9.10. The summed E-state index contributed by atoms with van der Waals surface area (Å²) in [5.41, 5.74) is -0.0369. The van der Waals surface area contributed by atoms with Crippen molar-refractivity contribution in [2.45, 2.75) is 0 Å². The summed E-state index contributed by atoms with van der Waals surface area (Å²) in [6, 6.07) is -1.62. The Bertz CT molecular complexity index is 861. The average Bonchev–Trinajstić information content (AvgIpc) is 2.87. The van der Waals surface area contributed by atoms with Crippen molar-refractivity contribution in [3.8, 4) is 0 Å². The summed E-state index contributed by atoms with van der Waals surface area (Å²) in [5.74, 6) is 0. The Morgan fingerprint density at radius 3 is 2.93 bits per heavy atom. The van der Waals surface area contributed by atoms with Gasteiger partial charge in [0, 0.05) is 20.3 Å². The second-order valence-electron chi connectivity index (χ2n) is 2.89. The van der Waals surface area contributed by atoms with Crippen LogP contribution in [0.1, 0.15) is 8.22 Å². The van der Waals surface area contributed by atoms with E-state index in [-0.39, 0.29) is 67.7 Å². The average molecular weight is 288 g/mol. The van der Waals surface area contributed by atoms with Crippen molar-refractivity contribution in [1.29, 1.82) is 0 Å². The summed E-state index contributed by atoms with van der Waals surface area (Å²) in [5, 5.41) is 0.247. The lowest BCUT2D eigenvalue weighted by atomic mass is 10.1. The van der Waals surface area contributed by atoms with Crippen molar-refractivity contribution in [2.24, 2.45) is 0 Å². The van der Waals surface area contributed by atoms with Crippen LogP contribution in [0.5, 0.6) is 0 Å². The fourth-order valence-corrected chi connectivity index (χ4v) is 2.01. The van der Waals surface area contributed by atoms with E-state index in [0.29, 0.717) is 0 Å². The minimum Gasteiger partial charge on any atom is -0.456 e. The maximum absolute atomic E-state index is 8.03. The number of rotatable bonds is 0. The largest absolute Gasteiger partial charge is 0.456 e. The van der Waals surface area contributed by atoms with Crippen LogP contribution >= 0.6 is 27.5 Å². The van der Waals surface area contributed by atoms with Gasteiger partial charge in [0.2, 0.25) is 0 Å². The van der Waals surface area contributed by atoms with Crippen molar-refractivity contribution < 1.29 is 12.6 Å². The minimum absolute atomic E-state index is 0.00143. The standard InChI is InChI=1S/C12H6BrClO/c13-9-2-1-3-11-12(9)8-6-7(14)4-5-10(8)15-11/h1-6H/i1D,2D,3D,4D,5D,6D. The molecule has 3 rings (SSSR count). The van der Waals surface area contributed by atoms with Gasteiger partial charge in [0.15, 0.2) is 0 Å². The van der Waals surface area contributed by atoms with Gasteiger partial charge in [-0.3, -0.25) is 0 Å². The topological polar surface area (TPSA) is 13.1 Å². The third-order valence-corrected chi connectivity index (χ3v) is 2.78.